The summed E-state index contributed by atoms with van der Waals surface area (Å²) in [6.45, 7) is 4.30. The molecular formula is C11H25Cl2N3O. The average molecular weight is 286 g/mol. The van der Waals surface area contributed by atoms with Gasteiger partial charge in [0.15, 0.2) is 0 Å². The van der Waals surface area contributed by atoms with Crippen molar-refractivity contribution in [3.05, 3.63) is 18.7 Å². The van der Waals surface area contributed by atoms with E-state index in [1.165, 1.54) is 0 Å². The van der Waals surface area contributed by atoms with Crippen LogP contribution in [0, 0.1) is 0 Å². The molecule has 104 valence electrons. The van der Waals surface area contributed by atoms with Crippen LogP contribution in [0.2, 0.25) is 0 Å². The van der Waals surface area contributed by atoms with Crippen LogP contribution in [0.3, 0.4) is 0 Å². The van der Waals surface area contributed by atoms with Crippen LogP contribution < -0.4 is 29.4 Å². The fourth-order valence-corrected chi connectivity index (χ4v) is 0.989. The molecule has 0 aliphatic heterocycles. The molecule has 0 aliphatic carbocycles. The molecule has 1 aromatic heterocycles. The number of quaternary nitrogens is 1. The summed E-state index contributed by atoms with van der Waals surface area (Å²) >= 11 is 0. The Kier molecular flexibility index (Phi) is 14.0. The van der Waals surface area contributed by atoms with Gasteiger partial charge in [-0.25, -0.2) is 9.13 Å². The summed E-state index contributed by atoms with van der Waals surface area (Å²) in [5.41, 5.74) is 0. The molecule has 17 heavy (non-hydrogen) atoms. The zero-order chi connectivity index (χ0) is 11.9. The molecule has 4 nitrogen and oxygen atoms in total. The van der Waals surface area contributed by atoms with Gasteiger partial charge in [-0.1, -0.05) is 0 Å². The van der Waals surface area contributed by atoms with Crippen molar-refractivity contribution in [2.75, 3.05) is 34.3 Å². The summed E-state index contributed by atoms with van der Waals surface area (Å²) < 4.78 is 5.00. The number of imidazole rings is 1. The lowest BCUT2D eigenvalue weighted by molar-refractivity contribution is -0.870. The lowest BCUT2D eigenvalue weighted by Crippen LogP contribution is -3.00. The standard InChI is InChI=1S/C6H11N2.C5H14NO.2ClH/c1-3-8-5-4-7(2)6-8;1-6(2,3)4-5-7;;/h4-6H,3H2,1-2H3;7H,4-5H2,1-3H3;2*1H/q2*+1;;/p-2. The predicted molar refractivity (Wildman–Crippen MR) is 61.3 cm³/mol. The molecule has 1 N–H and O–H groups in total. The molecule has 0 aromatic carbocycles. The van der Waals surface area contributed by atoms with Gasteiger partial charge in [0.25, 0.3) is 0 Å². The van der Waals surface area contributed by atoms with Crippen LogP contribution in [0.15, 0.2) is 18.7 Å². The molecule has 0 spiro atoms. The summed E-state index contributed by atoms with van der Waals surface area (Å²) in [4.78, 5) is 0. The maximum absolute atomic E-state index is 8.39. The van der Waals surface area contributed by atoms with Crippen molar-refractivity contribution in [2.45, 2.75) is 13.5 Å². The first-order valence-corrected chi connectivity index (χ1v) is 5.31. The van der Waals surface area contributed by atoms with Gasteiger partial charge < -0.3 is 34.4 Å². The monoisotopic (exact) mass is 285 g/mol. The van der Waals surface area contributed by atoms with Crippen LogP contribution in [0.25, 0.3) is 0 Å². The van der Waals surface area contributed by atoms with E-state index in [4.69, 9.17) is 5.11 Å². The van der Waals surface area contributed by atoms with E-state index in [-0.39, 0.29) is 31.4 Å². The molecule has 0 saturated carbocycles. The van der Waals surface area contributed by atoms with Crippen LogP contribution in [-0.2, 0) is 13.6 Å². The van der Waals surface area contributed by atoms with E-state index in [1.807, 2.05) is 17.8 Å². The first-order valence-electron chi connectivity index (χ1n) is 5.31. The molecule has 1 rings (SSSR count). The summed E-state index contributed by atoms with van der Waals surface area (Å²) in [5.74, 6) is 0. The van der Waals surface area contributed by atoms with E-state index in [0.29, 0.717) is 0 Å². The van der Waals surface area contributed by atoms with Gasteiger partial charge in [0.05, 0.1) is 41.3 Å². The predicted octanol–water partition coefficient (Wildman–Crippen LogP) is -5.97. The minimum Gasteiger partial charge on any atom is -1.00 e. The van der Waals surface area contributed by atoms with E-state index in [2.05, 4.69) is 45.2 Å². The van der Waals surface area contributed by atoms with Crippen molar-refractivity contribution in [3.63, 3.8) is 0 Å². The number of aryl methyl sites for hydroxylation is 2. The molecule has 1 aromatic rings. The van der Waals surface area contributed by atoms with Crippen molar-refractivity contribution in [3.8, 4) is 0 Å². The Morgan fingerprint density at radius 3 is 1.88 bits per heavy atom. The van der Waals surface area contributed by atoms with E-state index >= 15 is 0 Å². The number of aliphatic hydroxyl groups excluding tert-OH is 1. The molecule has 0 atom stereocenters. The first kappa shape index (κ1) is 21.9. The highest BCUT2D eigenvalue weighted by Gasteiger charge is 2.02. The molecule has 0 fully saturated rings. The summed E-state index contributed by atoms with van der Waals surface area (Å²) in [6.07, 6.45) is 6.14. The molecule has 1 heterocycles. The quantitative estimate of drug-likeness (QED) is 0.435. The smallest absolute Gasteiger partial charge is 0.243 e. The van der Waals surface area contributed by atoms with Gasteiger partial charge in [0, 0.05) is 0 Å². The molecule has 0 bridgehead atoms. The lowest BCUT2D eigenvalue weighted by Gasteiger charge is -2.21. The highest BCUT2D eigenvalue weighted by molar-refractivity contribution is 4.63. The van der Waals surface area contributed by atoms with E-state index in [0.717, 1.165) is 17.6 Å². The number of aliphatic hydroxyl groups is 1. The van der Waals surface area contributed by atoms with Crippen molar-refractivity contribution in [1.82, 2.24) is 4.57 Å². The van der Waals surface area contributed by atoms with Crippen molar-refractivity contribution in [1.29, 1.82) is 0 Å². The van der Waals surface area contributed by atoms with Crippen molar-refractivity contribution < 1.29 is 39.0 Å². The first-order chi connectivity index (χ1) is 6.89. The third-order valence-corrected chi connectivity index (χ3v) is 1.96. The number of hydrogen-bond donors (Lipinski definition) is 1. The van der Waals surface area contributed by atoms with Gasteiger partial charge in [0.1, 0.15) is 18.9 Å². The maximum Gasteiger partial charge on any atom is 0.243 e. The number of rotatable bonds is 3. The largest absolute Gasteiger partial charge is 1.00 e. The van der Waals surface area contributed by atoms with Gasteiger partial charge in [-0.2, -0.15) is 0 Å². The number of halogens is 2. The lowest BCUT2D eigenvalue weighted by atomic mass is 10.5. The fraction of sp³-hybridized carbons (Fsp3) is 0.727. The fourth-order valence-electron chi connectivity index (χ4n) is 0.989. The summed E-state index contributed by atoms with van der Waals surface area (Å²) in [7, 11) is 8.18. The van der Waals surface area contributed by atoms with Crippen LogP contribution in [0.4, 0.5) is 0 Å². The normalized spacial score (nSPS) is 9.53. The van der Waals surface area contributed by atoms with Crippen LogP contribution in [0.5, 0.6) is 0 Å². The van der Waals surface area contributed by atoms with Gasteiger partial charge >= 0.3 is 0 Å². The van der Waals surface area contributed by atoms with Crippen LogP contribution in [0.1, 0.15) is 6.92 Å². The molecule has 6 heteroatoms. The Balaban J connectivity index is -0.000000208. The van der Waals surface area contributed by atoms with Crippen LogP contribution in [-0.4, -0.2) is 48.5 Å². The third-order valence-electron chi connectivity index (χ3n) is 1.96. The third kappa shape index (κ3) is 13.6. The van der Waals surface area contributed by atoms with E-state index in [9.17, 15) is 0 Å². The zero-order valence-electron chi connectivity index (χ0n) is 11.4. The second-order valence-corrected chi connectivity index (χ2v) is 4.65. The Bertz CT molecular complexity index is 272. The zero-order valence-corrected chi connectivity index (χ0v) is 12.9. The molecule has 0 radical (unpaired) electrons. The number of aromatic nitrogens is 2. The van der Waals surface area contributed by atoms with Crippen LogP contribution >= 0.6 is 0 Å². The SMILES string of the molecule is CCn1cc[n+](C)c1.C[N+](C)(C)CCO.[Cl-].[Cl-]. The van der Waals surface area contributed by atoms with Gasteiger partial charge in [-0.3, -0.25) is 0 Å². The minimum absolute atomic E-state index is 0. The van der Waals surface area contributed by atoms with E-state index < -0.39 is 0 Å². The van der Waals surface area contributed by atoms with Gasteiger partial charge in [0.2, 0.25) is 6.33 Å². The van der Waals surface area contributed by atoms with Crippen molar-refractivity contribution >= 4 is 0 Å². The minimum atomic E-state index is 0. The number of nitrogens with zero attached hydrogens (tertiary/aromatic N) is 3. The maximum atomic E-state index is 8.39. The highest BCUT2D eigenvalue weighted by Crippen LogP contribution is 1.84. The van der Waals surface area contributed by atoms with E-state index in [1.54, 1.807) is 0 Å². The molecular weight excluding hydrogens is 261 g/mol. The Morgan fingerprint density at radius 1 is 1.24 bits per heavy atom. The molecule has 0 aliphatic rings. The highest BCUT2D eigenvalue weighted by atomic mass is 35.5. The second-order valence-electron chi connectivity index (χ2n) is 4.65. The molecule has 0 amide bonds. The number of hydrogen-bond acceptors (Lipinski definition) is 1. The topological polar surface area (TPSA) is 29.0 Å². The van der Waals surface area contributed by atoms with Crippen molar-refractivity contribution in [2.24, 2.45) is 7.05 Å². The summed E-state index contributed by atoms with van der Waals surface area (Å²) in [5, 5.41) is 8.39. The Morgan fingerprint density at radius 2 is 1.76 bits per heavy atom. The Hall–Kier alpha value is -0.290. The Labute approximate surface area is 117 Å². The molecule has 0 unspecified atom stereocenters. The second kappa shape index (κ2) is 10.8. The molecule has 0 saturated heterocycles. The van der Waals surface area contributed by atoms with Gasteiger partial charge in [-0.15, -0.1) is 0 Å². The number of likely N-dealkylation sites (N-methyl/N-ethyl adjacent to an activating group) is 1. The average Bonchev–Trinajstić information content (AvgIpc) is 2.50. The van der Waals surface area contributed by atoms with Gasteiger partial charge in [-0.05, 0) is 6.92 Å². The summed E-state index contributed by atoms with van der Waals surface area (Å²) in [6, 6.07) is 0.